The molecule has 0 saturated carbocycles. The quantitative estimate of drug-likeness (QED) is 0.302. The first-order chi connectivity index (χ1) is 18.0. The SMILES string of the molecule is O=C(O[C@@H](Cc1ccc2ccccc2c1)C1CC(c2ccc(F)cc2)CCN1C(=O)O)c1ccccc1. The lowest BCUT2D eigenvalue weighted by molar-refractivity contribution is -0.0109. The minimum absolute atomic E-state index is 0.0238. The first-order valence-electron chi connectivity index (χ1n) is 12.5. The summed E-state index contributed by atoms with van der Waals surface area (Å²) in [5.74, 6) is -0.773. The number of ether oxygens (including phenoxy) is 1. The summed E-state index contributed by atoms with van der Waals surface area (Å²) in [5, 5.41) is 12.2. The molecule has 0 spiro atoms. The Labute approximate surface area is 215 Å². The number of nitrogens with zero attached hydrogens (tertiary/aromatic N) is 1. The predicted molar refractivity (Wildman–Crippen MR) is 140 cm³/mol. The molecule has 37 heavy (non-hydrogen) atoms. The van der Waals surface area contributed by atoms with Gasteiger partial charge < -0.3 is 14.7 Å². The molecule has 4 aromatic rings. The standard InChI is InChI=1S/C31H28FNO4/c32-27-14-12-23(13-15-27)26-16-17-33(31(35)36)28(20-26)29(37-30(34)24-7-2-1-3-8-24)19-21-10-11-22-6-4-5-9-25(22)18-21/h1-15,18,26,28-29H,16-17,19-20H2,(H,35,36)/t26?,28?,29-/m0/s1. The van der Waals surface area contributed by atoms with Gasteiger partial charge in [-0.3, -0.25) is 0 Å². The molecule has 1 aliphatic heterocycles. The zero-order chi connectivity index (χ0) is 25.8. The summed E-state index contributed by atoms with van der Waals surface area (Å²) < 4.78 is 19.6. The fourth-order valence-corrected chi connectivity index (χ4v) is 5.26. The van der Waals surface area contributed by atoms with Crippen LogP contribution in [0, 0.1) is 5.82 Å². The van der Waals surface area contributed by atoms with Crippen LogP contribution in [-0.2, 0) is 11.2 Å². The average molecular weight is 498 g/mol. The van der Waals surface area contributed by atoms with E-state index in [0.717, 1.165) is 21.9 Å². The van der Waals surface area contributed by atoms with Crippen molar-refractivity contribution < 1.29 is 23.8 Å². The Morgan fingerprint density at radius 1 is 0.919 bits per heavy atom. The van der Waals surface area contributed by atoms with Gasteiger partial charge >= 0.3 is 12.1 Å². The first-order valence-corrected chi connectivity index (χ1v) is 12.5. The van der Waals surface area contributed by atoms with Crippen LogP contribution in [0.2, 0.25) is 0 Å². The molecule has 1 heterocycles. The lowest BCUT2D eigenvalue weighted by atomic mass is 9.82. The Morgan fingerprint density at radius 3 is 2.35 bits per heavy atom. The molecule has 4 aromatic carbocycles. The number of hydrogen-bond donors (Lipinski definition) is 1. The number of amides is 1. The average Bonchev–Trinajstić information content (AvgIpc) is 2.93. The second-order valence-electron chi connectivity index (χ2n) is 9.51. The number of carboxylic acid groups (broad SMARTS) is 1. The summed E-state index contributed by atoms with van der Waals surface area (Å²) in [5.41, 5.74) is 2.33. The van der Waals surface area contributed by atoms with Crippen LogP contribution in [0.4, 0.5) is 9.18 Å². The van der Waals surface area contributed by atoms with E-state index in [1.54, 1.807) is 36.4 Å². The maximum atomic E-state index is 13.5. The van der Waals surface area contributed by atoms with Gasteiger partial charge in [-0.25, -0.2) is 14.0 Å². The molecule has 0 radical (unpaired) electrons. The number of carbonyl (C=O) groups excluding carboxylic acids is 1. The normalized spacial score (nSPS) is 18.4. The van der Waals surface area contributed by atoms with Crippen LogP contribution in [0.25, 0.3) is 10.8 Å². The van der Waals surface area contributed by atoms with Crippen molar-refractivity contribution in [1.82, 2.24) is 4.90 Å². The highest BCUT2D eigenvalue weighted by molar-refractivity contribution is 5.89. The van der Waals surface area contributed by atoms with Gasteiger partial charge in [-0.2, -0.15) is 0 Å². The fraction of sp³-hybridized carbons (Fsp3) is 0.226. The molecule has 0 aromatic heterocycles. The predicted octanol–water partition coefficient (Wildman–Crippen LogP) is 6.67. The van der Waals surface area contributed by atoms with E-state index < -0.39 is 24.2 Å². The Morgan fingerprint density at radius 2 is 1.62 bits per heavy atom. The minimum Gasteiger partial charge on any atom is -0.465 e. The summed E-state index contributed by atoms with van der Waals surface area (Å²) in [4.78, 5) is 26.8. The highest BCUT2D eigenvalue weighted by Crippen LogP contribution is 2.35. The maximum Gasteiger partial charge on any atom is 0.407 e. The topological polar surface area (TPSA) is 66.8 Å². The molecule has 0 bridgehead atoms. The summed E-state index contributed by atoms with van der Waals surface area (Å²) in [6.45, 7) is 0.305. The van der Waals surface area contributed by atoms with Crippen molar-refractivity contribution in [3.05, 3.63) is 120 Å². The van der Waals surface area contributed by atoms with Gasteiger partial charge in [-0.05, 0) is 64.9 Å². The van der Waals surface area contributed by atoms with Crippen molar-refractivity contribution in [3.63, 3.8) is 0 Å². The van der Waals surface area contributed by atoms with E-state index in [-0.39, 0.29) is 11.7 Å². The number of fused-ring (bicyclic) bond motifs is 1. The summed E-state index contributed by atoms with van der Waals surface area (Å²) in [7, 11) is 0. The second kappa shape index (κ2) is 10.8. The third kappa shape index (κ3) is 5.64. The van der Waals surface area contributed by atoms with Crippen molar-refractivity contribution in [1.29, 1.82) is 0 Å². The van der Waals surface area contributed by atoms with Crippen LogP contribution in [0.5, 0.6) is 0 Å². The number of piperidine rings is 1. The zero-order valence-corrected chi connectivity index (χ0v) is 20.3. The number of halogens is 1. The second-order valence-corrected chi connectivity index (χ2v) is 9.51. The number of esters is 1. The van der Waals surface area contributed by atoms with Crippen LogP contribution < -0.4 is 0 Å². The van der Waals surface area contributed by atoms with Gasteiger partial charge in [0, 0.05) is 13.0 Å². The fourth-order valence-electron chi connectivity index (χ4n) is 5.26. The molecule has 1 N–H and O–H groups in total. The van der Waals surface area contributed by atoms with Gasteiger partial charge in [0.25, 0.3) is 0 Å². The van der Waals surface area contributed by atoms with Crippen LogP contribution in [-0.4, -0.2) is 40.8 Å². The van der Waals surface area contributed by atoms with Crippen molar-refractivity contribution in [3.8, 4) is 0 Å². The van der Waals surface area contributed by atoms with E-state index >= 15 is 0 Å². The molecule has 3 atom stereocenters. The molecule has 1 aliphatic rings. The Balaban J connectivity index is 1.48. The third-order valence-electron chi connectivity index (χ3n) is 7.18. The van der Waals surface area contributed by atoms with Crippen molar-refractivity contribution in [2.45, 2.75) is 37.3 Å². The molecule has 0 aliphatic carbocycles. The van der Waals surface area contributed by atoms with Gasteiger partial charge in [-0.1, -0.05) is 72.8 Å². The van der Waals surface area contributed by atoms with Gasteiger partial charge in [0.05, 0.1) is 11.6 Å². The van der Waals surface area contributed by atoms with Gasteiger partial charge in [0.2, 0.25) is 0 Å². The molecule has 1 saturated heterocycles. The molecule has 1 amide bonds. The first kappa shape index (κ1) is 24.5. The molecule has 2 unspecified atom stereocenters. The molecule has 188 valence electrons. The Hall–Kier alpha value is -4.19. The third-order valence-corrected chi connectivity index (χ3v) is 7.18. The molecule has 5 rings (SSSR count). The van der Waals surface area contributed by atoms with Crippen LogP contribution in [0.1, 0.15) is 40.2 Å². The highest BCUT2D eigenvalue weighted by Gasteiger charge is 2.39. The van der Waals surface area contributed by atoms with Crippen molar-refractivity contribution >= 4 is 22.8 Å². The van der Waals surface area contributed by atoms with Gasteiger partial charge in [0.1, 0.15) is 11.9 Å². The van der Waals surface area contributed by atoms with Crippen LogP contribution in [0.3, 0.4) is 0 Å². The minimum atomic E-state index is -1.04. The zero-order valence-electron chi connectivity index (χ0n) is 20.3. The summed E-state index contributed by atoms with van der Waals surface area (Å²) in [6, 6.07) is 28.6. The van der Waals surface area contributed by atoms with E-state index in [9.17, 15) is 19.1 Å². The number of likely N-dealkylation sites (tertiary alicyclic amines) is 1. The number of rotatable bonds is 6. The largest absolute Gasteiger partial charge is 0.465 e. The number of benzene rings is 4. The lowest BCUT2D eigenvalue weighted by Gasteiger charge is -2.41. The van der Waals surface area contributed by atoms with Crippen LogP contribution >= 0.6 is 0 Å². The van der Waals surface area contributed by atoms with E-state index in [1.165, 1.54) is 17.0 Å². The molecule has 5 nitrogen and oxygen atoms in total. The summed E-state index contributed by atoms with van der Waals surface area (Å²) in [6.07, 6.45) is -0.286. The number of hydrogen-bond acceptors (Lipinski definition) is 3. The molecule has 6 heteroatoms. The molecular formula is C31H28FNO4. The summed E-state index contributed by atoms with van der Waals surface area (Å²) >= 11 is 0. The number of carbonyl (C=O) groups is 2. The van der Waals surface area contributed by atoms with Crippen LogP contribution in [0.15, 0.2) is 97.1 Å². The van der Waals surface area contributed by atoms with Crippen molar-refractivity contribution in [2.24, 2.45) is 0 Å². The van der Waals surface area contributed by atoms with E-state index in [4.69, 9.17) is 4.74 Å². The Bertz CT molecular complexity index is 1390. The van der Waals surface area contributed by atoms with Gasteiger partial charge in [0.15, 0.2) is 0 Å². The molecular weight excluding hydrogens is 469 g/mol. The van der Waals surface area contributed by atoms with E-state index in [1.807, 2.05) is 42.5 Å². The van der Waals surface area contributed by atoms with E-state index in [0.29, 0.717) is 31.4 Å². The lowest BCUT2D eigenvalue weighted by Crippen LogP contribution is -2.52. The smallest absolute Gasteiger partial charge is 0.407 e. The monoisotopic (exact) mass is 497 g/mol. The van der Waals surface area contributed by atoms with E-state index in [2.05, 4.69) is 6.07 Å². The maximum absolute atomic E-state index is 13.5. The molecule has 1 fully saturated rings. The highest BCUT2D eigenvalue weighted by atomic mass is 19.1. The van der Waals surface area contributed by atoms with Gasteiger partial charge in [-0.15, -0.1) is 0 Å². The van der Waals surface area contributed by atoms with Crippen molar-refractivity contribution in [2.75, 3.05) is 6.54 Å². The Kier molecular flexibility index (Phi) is 7.17.